The Kier molecular flexibility index (Phi) is 5.64. The van der Waals surface area contributed by atoms with Crippen LogP contribution in [0.3, 0.4) is 0 Å². The van der Waals surface area contributed by atoms with Crippen molar-refractivity contribution in [2.75, 3.05) is 25.0 Å². The van der Waals surface area contributed by atoms with E-state index in [0.717, 1.165) is 17.3 Å². The summed E-state index contributed by atoms with van der Waals surface area (Å²) in [5.41, 5.74) is 0.419. The van der Waals surface area contributed by atoms with E-state index in [9.17, 15) is 22.8 Å². The van der Waals surface area contributed by atoms with Crippen LogP contribution < -0.4 is 10.1 Å². The van der Waals surface area contributed by atoms with Crippen LogP contribution in [0, 0.1) is 0 Å². The van der Waals surface area contributed by atoms with Gasteiger partial charge in [-0.05, 0) is 43.0 Å². The summed E-state index contributed by atoms with van der Waals surface area (Å²) in [5.74, 6) is -0.319. The van der Waals surface area contributed by atoms with E-state index in [1.807, 2.05) is 24.3 Å². The molecule has 2 heterocycles. The number of carbonyl (C=O) groups excluding carboxylic acids is 2. The molecule has 0 unspecified atom stereocenters. The molecule has 1 fully saturated rings. The van der Waals surface area contributed by atoms with E-state index < -0.39 is 17.2 Å². The highest BCUT2D eigenvalue weighted by atomic mass is 19.4. The molecule has 0 aromatic heterocycles. The quantitative estimate of drug-likeness (QED) is 0.714. The molecule has 1 saturated heterocycles. The maximum Gasteiger partial charge on any atom is 0.419 e. The summed E-state index contributed by atoms with van der Waals surface area (Å²) in [6, 6.07) is 12.7. The zero-order chi connectivity index (χ0) is 22.1. The first-order valence-electron chi connectivity index (χ1n) is 10.3. The van der Waals surface area contributed by atoms with Crippen LogP contribution in [0.2, 0.25) is 0 Å². The zero-order valence-electron chi connectivity index (χ0n) is 16.9. The van der Waals surface area contributed by atoms with Crippen LogP contribution in [0.15, 0.2) is 48.5 Å². The number of rotatable bonds is 5. The van der Waals surface area contributed by atoms with E-state index in [0.29, 0.717) is 32.4 Å². The van der Waals surface area contributed by atoms with Crippen molar-refractivity contribution in [3.63, 3.8) is 0 Å². The van der Waals surface area contributed by atoms with Crippen LogP contribution in [-0.4, -0.2) is 36.4 Å². The third-order valence-electron chi connectivity index (χ3n) is 6.08. The Balaban J connectivity index is 1.28. The van der Waals surface area contributed by atoms with Gasteiger partial charge in [0.25, 0.3) is 0 Å². The minimum Gasteiger partial charge on any atom is -0.493 e. The number of alkyl halides is 3. The van der Waals surface area contributed by atoms with Crippen LogP contribution in [0.1, 0.15) is 36.8 Å². The molecule has 4 rings (SSSR count). The topological polar surface area (TPSA) is 58.6 Å². The maximum absolute atomic E-state index is 13.0. The highest BCUT2D eigenvalue weighted by molar-refractivity contribution is 6.06. The van der Waals surface area contributed by atoms with E-state index in [1.54, 1.807) is 4.90 Å². The van der Waals surface area contributed by atoms with Gasteiger partial charge in [-0.25, -0.2) is 0 Å². The molecule has 5 nitrogen and oxygen atoms in total. The molecule has 164 valence electrons. The smallest absolute Gasteiger partial charge is 0.419 e. The molecule has 0 aliphatic carbocycles. The lowest BCUT2D eigenvalue weighted by Gasteiger charge is -2.38. The first-order valence-corrected chi connectivity index (χ1v) is 10.3. The maximum atomic E-state index is 13.0. The standard InChI is InChI=1S/C23H23F3N2O3/c24-23(25,26)17-7-2-4-9-19(17)31-15-5-10-20(29)28-13-11-22(12-14-28)16-6-1-3-8-18(16)27-21(22)30/h1-4,6-9H,5,10-15H2,(H,27,30). The highest BCUT2D eigenvalue weighted by Gasteiger charge is 2.48. The van der Waals surface area contributed by atoms with Gasteiger partial charge in [0.15, 0.2) is 0 Å². The summed E-state index contributed by atoms with van der Waals surface area (Å²) >= 11 is 0. The van der Waals surface area contributed by atoms with Gasteiger partial charge in [-0.15, -0.1) is 0 Å². The largest absolute Gasteiger partial charge is 0.493 e. The lowest BCUT2D eigenvalue weighted by molar-refractivity contribution is -0.139. The van der Waals surface area contributed by atoms with Crippen molar-refractivity contribution in [3.05, 3.63) is 59.7 Å². The second kappa shape index (κ2) is 8.24. The van der Waals surface area contributed by atoms with Gasteiger partial charge < -0.3 is 15.0 Å². The van der Waals surface area contributed by atoms with Gasteiger partial charge in [-0.2, -0.15) is 13.2 Å². The molecule has 2 aromatic rings. The van der Waals surface area contributed by atoms with Crippen molar-refractivity contribution in [1.29, 1.82) is 0 Å². The molecule has 2 aliphatic heterocycles. The van der Waals surface area contributed by atoms with Crippen molar-refractivity contribution >= 4 is 17.5 Å². The van der Waals surface area contributed by atoms with E-state index in [4.69, 9.17) is 4.74 Å². The number of para-hydroxylation sites is 2. The number of amides is 2. The minimum atomic E-state index is -4.48. The molecule has 2 aromatic carbocycles. The minimum absolute atomic E-state index is 0.0162. The van der Waals surface area contributed by atoms with Gasteiger partial charge in [0, 0.05) is 25.2 Å². The second-order valence-corrected chi connectivity index (χ2v) is 7.91. The molecule has 0 saturated carbocycles. The van der Waals surface area contributed by atoms with Crippen molar-refractivity contribution < 1.29 is 27.5 Å². The third kappa shape index (κ3) is 4.11. The Morgan fingerprint density at radius 1 is 1.06 bits per heavy atom. The normalized spacial score (nSPS) is 17.4. The summed E-state index contributed by atoms with van der Waals surface area (Å²) in [4.78, 5) is 26.9. The van der Waals surface area contributed by atoms with Crippen LogP contribution in [0.25, 0.3) is 0 Å². The number of fused-ring (bicyclic) bond motifs is 2. The molecule has 0 atom stereocenters. The van der Waals surface area contributed by atoms with Gasteiger partial charge in [0.2, 0.25) is 11.8 Å². The number of benzene rings is 2. The fourth-order valence-corrected chi connectivity index (χ4v) is 4.40. The number of hydrogen-bond donors (Lipinski definition) is 1. The molecule has 1 N–H and O–H groups in total. The average molecular weight is 432 g/mol. The number of nitrogens with zero attached hydrogens (tertiary/aromatic N) is 1. The Labute approximate surface area is 178 Å². The first-order chi connectivity index (χ1) is 14.8. The number of ether oxygens (including phenoxy) is 1. The van der Waals surface area contributed by atoms with Crippen molar-refractivity contribution in [1.82, 2.24) is 4.90 Å². The van der Waals surface area contributed by atoms with E-state index >= 15 is 0 Å². The van der Waals surface area contributed by atoms with Crippen molar-refractivity contribution in [3.8, 4) is 5.75 Å². The number of halogens is 3. The van der Waals surface area contributed by atoms with Crippen molar-refractivity contribution in [2.45, 2.75) is 37.3 Å². The third-order valence-corrected chi connectivity index (χ3v) is 6.08. The average Bonchev–Trinajstić information content (AvgIpc) is 3.02. The predicted octanol–water partition coefficient (Wildman–Crippen LogP) is 4.38. The molecule has 2 aliphatic rings. The molecule has 2 amide bonds. The number of hydrogen-bond acceptors (Lipinski definition) is 3. The van der Waals surface area contributed by atoms with Gasteiger partial charge in [-0.1, -0.05) is 30.3 Å². The summed E-state index contributed by atoms with van der Waals surface area (Å²) in [5, 5.41) is 2.94. The SMILES string of the molecule is O=C(CCCOc1ccccc1C(F)(F)F)N1CCC2(CC1)C(=O)Nc1ccccc12. The molecule has 0 bridgehead atoms. The number of anilines is 1. The van der Waals surface area contributed by atoms with Gasteiger partial charge >= 0.3 is 6.18 Å². The Bertz CT molecular complexity index is 982. The predicted molar refractivity (Wildman–Crippen MR) is 109 cm³/mol. The lowest BCUT2D eigenvalue weighted by atomic mass is 9.73. The molecule has 8 heteroatoms. The Hall–Kier alpha value is -3.03. The number of piperidine rings is 1. The van der Waals surface area contributed by atoms with Gasteiger partial charge in [0.1, 0.15) is 5.75 Å². The number of nitrogens with one attached hydrogen (secondary N) is 1. The number of carbonyl (C=O) groups is 2. The van der Waals surface area contributed by atoms with Crippen LogP contribution in [-0.2, 0) is 21.2 Å². The second-order valence-electron chi connectivity index (χ2n) is 7.91. The van der Waals surface area contributed by atoms with Gasteiger partial charge in [0.05, 0.1) is 17.6 Å². The van der Waals surface area contributed by atoms with Crippen molar-refractivity contribution in [2.24, 2.45) is 0 Å². The fraction of sp³-hybridized carbons (Fsp3) is 0.391. The summed E-state index contributed by atoms with van der Waals surface area (Å²) in [7, 11) is 0. The monoisotopic (exact) mass is 432 g/mol. The van der Waals surface area contributed by atoms with Crippen LogP contribution in [0.5, 0.6) is 5.75 Å². The summed E-state index contributed by atoms with van der Waals surface area (Å²) in [6.45, 7) is 0.961. The molecular formula is C23H23F3N2O3. The van der Waals surface area contributed by atoms with E-state index in [1.165, 1.54) is 18.2 Å². The van der Waals surface area contributed by atoms with Gasteiger partial charge in [-0.3, -0.25) is 9.59 Å². The van der Waals surface area contributed by atoms with Crippen LogP contribution in [0.4, 0.5) is 18.9 Å². The zero-order valence-corrected chi connectivity index (χ0v) is 16.9. The Morgan fingerprint density at radius 2 is 1.74 bits per heavy atom. The number of likely N-dealkylation sites (tertiary alicyclic amines) is 1. The van der Waals surface area contributed by atoms with E-state index in [-0.39, 0.29) is 30.6 Å². The fourth-order valence-electron chi connectivity index (χ4n) is 4.40. The lowest BCUT2D eigenvalue weighted by Crippen LogP contribution is -2.48. The van der Waals surface area contributed by atoms with E-state index in [2.05, 4.69) is 5.32 Å². The summed E-state index contributed by atoms with van der Waals surface area (Å²) in [6.07, 6.45) is -2.88. The molecule has 1 spiro atoms. The molecular weight excluding hydrogens is 409 g/mol. The summed E-state index contributed by atoms with van der Waals surface area (Å²) < 4.78 is 44.3. The molecule has 0 radical (unpaired) electrons. The highest BCUT2D eigenvalue weighted by Crippen LogP contribution is 2.44. The van der Waals surface area contributed by atoms with Crippen LogP contribution >= 0.6 is 0 Å². The molecule has 31 heavy (non-hydrogen) atoms. The Morgan fingerprint density at radius 3 is 2.48 bits per heavy atom. The first kappa shape index (κ1) is 21.2.